The first-order valence-electron chi connectivity index (χ1n) is 9.05. The van der Waals surface area contributed by atoms with E-state index in [0.29, 0.717) is 17.9 Å². The first-order chi connectivity index (χ1) is 12.3. The molecule has 25 heavy (non-hydrogen) atoms. The molecular formula is C18H24N6O. The Hall–Kier alpha value is -2.44. The molecule has 1 saturated heterocycles. The Bertz CT molecular complexity index is 729. The molecule has 3 heterocycles. The molecule has 0 unspecified atom stereocenters. The van der Waals surface area contributed by atoms with Crippen molar-refractivity contribution in [3.63, 3.8) is 0 Å². The number of nitrogens with one attached hydrogen (secondary N) is 1. The summed E-state index contributed by atoms with van der Waals surface area (Å²) in [5.74, 6) is 2.38. The van der Waals surface area contributed by atoms with E-state index < -0.39 is 0 Å². The normalized spacial score (nSPS) is 17.9. The van der Waals surface area contributed by atoms with E-state index in [1.807, 2.05) is 0 Å². The lowest BCUT2D eigenvalue weighted by molar-refractivity contribution is 0.397. The minimum absolute atomic E-state index is 0.376. The fourth-order valence-corrected chi connectivity index (χ4v) is 3.72. The monoisotopic (exact) mass is 340 g/mol. The standard InChI is InChI=1S/C18H24N6O/c1-25-16-6-9-19-18(23-16)22-13-7-10-24(11-8-13)17-14-4-2-3-5-15(14)20-12-21-17/h6,9,12-13H,2-5,7-8,10-11H2,1H3,(H,19,22,23). The predicted molar refractivity (Wildman–Crippen MR) is 96.1 cm³/mol. The zero-order valence-corrected chi connectivity index (χ0v) is 14.6. The summed E-state index contributed by atoms with van der Waals surface area (Å²) in [6.45, 7) is 1.98. The minimum atomic E-state index is 0.376. The van der Waals surface area contributed by atoms with Crippen molar-refractivity contribution in [1.82, 2.24) is 19.9 Å². The largest absolute Gasteiger partial charge is 0.481 e. The molecule has 4 rings (SSSR count). The van der Waals surface area contributed by atoms with Crippen LogP contribution in [0, 0.1) is 0 Å². The highest BCUT2D eigenvalue weighted by molar-refractivity contribution is 5.50. The third-order valence-electron chi connectivity index (χ3n) is 5.07. The van der Waals surface area contributed by atoms with Gasteiger partial charge in [-0.25, -0.2) is 15.0 Å². The van der Waals surface area contributed by atoms with Crippen molar-refractivity contribution in [2.45, 2.75) is 44.6 Å². The molecule has 1 aliphatic carbocycles. The molecule has 1 N–H and O–H groups in total. The number of fused-ring (bicyclic) bond motifs is 1. The van der Waals surface area contributed by atoms with Crippen LogP contribution in [0.15, 0.2) is 18.6 Å². The molecule has 0 aromatic carbocycles. The molecular weight excluding hydrogens is 316 g/mol. The van der Waals surface area contributed by atoms with Crippen molar-refractivity contribution in [2.24, 2.45) is 0 Å². The second-order valence-corrected chi connectivity index (χ2v) is 6.66. The van der Waals surface area contributed by atoms with E-state index in [4.69, 9.17) is 4.74 Å². The number of rotatable bonds is 4. The van der Waals surface area contributed by atoms with Gasteiger partial charge in [-0.05, 0) is 38.5 Å². The Morgan fingerprint density at radius 1 is 1.12 bits per heavy atom. The summed E-state index contributed by atoms with van der Waals surface area (Å²) in [7, 11) is 1.62. The Morgan fingerprint density at radius 3 is 2.80 bits per heavy atom. The number of hydrogen-bond donors (Lipinski definition) is 1. The van der Waals surface area contributed by atoms with E-state index in [0.717, 1.165) is 44.6 Å². The van der Waals surface area contributed by atoms with E-state index in [9.17, 15) is 0 Å². The van der Waals surface area contributed by atoms with Gasteiger partial charge in [-0.2, -0.15) is 4.98 Å². The molecule has 2 aliphatic rings. The fourth-order valence-electron chi connectivity index (χ4n) is 3.72. The maximum absolute atomic E-state index is 5.16. The molecule has 2 aromatic heterocycles. The maximum atomic E-state index is 5.16. The Balaban J connectivity index is 1.40. The third kappa shape index (κ3) is 3.50. The van der Waals surface area contributed by atoms with Gasteiger partial charge in [-0.1, -0.05) is 0 Å². The highest BCUT2D eigenvalue weighted by Crippen LogP contribution is 2.29. The van der Waals surface area contributed by atoms with E-state index in [2.05, 4.69) is 30.2 Å². The van der Waals surface area contributed by atoms with Crippen molar-refractivity contribution < 1.29 is 4.74 Å². The van der Waals surface area contributed by atoms with Gasteiger partial charge in [0.1, 0.15) is 12.1 Å². The van der Waals surface area contributed by atoms with Crippen LogP contribution in [0.1, 0.15) is 36.9 Å². The predicted octanol–water partition coefficient (Wildman–Crippen LogP) is 2.23. The quantitative estimate of drug-likeness (QED) is 0.914. The number of methoxy groups -OCH3 is 1. The summed E-state index contributed by atoms with van der Waals surface area (Å²) < 4.78 is 5.16. The van der Waals surface area contributed by atoms with Crippen molar-refractivity contribution in [1.29, 1.82) is 0 Å². The SMILES string of the molecule is COc1ccnc(NC2CCN(c3ncnc4c3CCCC4)CC2)n1. The van der Waals surface area contributed by atoms with Gasteiger partial charge in [-0.15, -0.1) is 0 Å². The Labute approximate surface area is 147 Å². The van der Waals surface area contributed by atoms with E-state index in [1.165, 1.54) is 24.1 Å². The molecule has 0 radical (unpaired) electrons. The van der Waals surface area contributed by atoms with Gasteiger partial charge in [0.15, 0.2) is 0 Å². The lowest BCUT2D eigenvalue weighted by atomic mass is 9.95. The maximum Gasteiger partial charge on any atom is 0.226 e. The van der Waals surface area contributed by atoms with Gasteiger partial charge < -0.3 is 15.0 Å². The summed E-state index contributed by atoms with van der Waals surface area (Å²) in [4.78, 5) is 20.1. The summed E-state index contributed by atoms with van der Waals surface area (Å²) in [5, 5.41) is 3.43. The number of piperidine rings is 1. The van der Waals surface area contributed by atoms with E-state index >= 15 is 0 Å². The molecule has 7 heteroatoms. The highest BCUT2D eigenvalue weighted by atomic mass is 16.5. The Morgan fingerprint density at radius 2 is 1.96 bits per heavy atom. The van der Waals surface area contributed by atoms with E-state index in [1.54, 1.807) is 25.7 Å². The van der Waals surface area contributed by atoms with Crippen LogP contribution in [-0.4, -0.2) is 46.2 Å². The van der Waals surface area contributed by atoms with Crippen LogP contribution >= 0.6 is 0 Å². The molecule has 0 amide bonds. The van der Waals surface area contributed by atoms with Crippen molar-refractivity contribution in [3.05, 3.63) is 29.8 Å². The smallest absolute Gasteiger partial charge is 0.226 e. The van der Waals surface area contributed by atoms with Crippen LogP contribution in [0.4, 0.5) is 11.8 Å². The third-order valence-corrected chi connectivity index (χ3v) is 5.07. The molecule has 132 valence electrons. The second kappa shape index (κ2) is 7.21. The van der Waals surface area contributed by atoms with Gasteiger partial charge >= 0.3 is 0 Å². The van der Waals surface area contributed by atoms with E-state index in [-0.39, 0.29) is 0 Å². The lowest BCUT2D eigenvalue weighted by Crippen LogP contribution is -2.40. The molecule has 0 saturated carbocycles. The average molecular weight is 340 g/mol. The summed E-state index contributed by atoms with van der Waals surface area (Å²) in [6, 6.07) is 2.13. The molecule has 7 nitrogen and oxygen atoms in total. The Kier molecular flexibility index (Phi) is 4.63. The number of hydrogen-bond acceptors (Lipinski definition) is 7. The van der Waals surface area contributed by atoms with Crippen LogP contribution in [0.25, 0.3) is 0 Å². The molecule has 1 aliphatic heterocycles. The summed E-state index contributed by atoms with van der Waals surface area (Å²) in [6.07, 6.45) is 10.2. The molecule has 0 spiro atoms. The topological polar surface area (TPSA) is 76.1 Å². The minimum Gasteiger partial charge on any atom is -0.481 e. The van der Waals surface area contributed by atoms with Gasteiger partial charge in [-0.3, -0.25) is 0 Å². The average Bonchev–Trinajstić information content (AvgIpc) is 2.68. The van der Waals surface area contributed by atoms with Crippen LogP contribution in [0.3, 0.4) is 0 Å². The van der Waals surface area contributed by atoms with Gasteiger partial charge in [0, 0.05) is 42.7 Å². The number of nitrogens with zero attached hydrogens (tertiary/aromatic N) is 5. The molecule has 0 bridgehead atoms. The zero-order chi connectivity index (χ0) is 17.1. The molecule has 2 aromatic rings. The van der Waals surface area contributed by atoms with Crippen molar-refractivity contribution in [3.8, 4) is 5.88 Å². The first kappa shape index (κ1) is 16.1. The fraction of sp³-hybridized carbons (Fsp3) is 0.556. The van der Waals surface area contributed by atoms with Gasteiger partial charge in [0.05, 0.1) is 7.11 Å². The van der Waals surface area contributed by atoms with Crippen molar-refractivity contribution >= 4 is 11.8 Å². The highest BCUT2D eigenvalue weighted by Gasteiger charge is 2.24. The number of anilines is 2. The van der Waals surface area contributed by atoms with Crippen LogP contribution in [0.5, 0.6) is 5.88 Å². The summed E-state index contributed by atoms with van der Waals surface area (Å²) >= 11 is 0. The number of aromatic nitrogens is 4. The molecule has 0 atom stereocenters. The summed E-state index contributed by atoms with van der Waals surface area (Å²) in [5.41, 5.74) is 2.62. The van der Waals surface area contributed by atoms with Crippen LogP contribution in [-0.2, 0) is 12.8 Å². The number of ether oxygens (including phenoxy) is 1. The lowest BCUT2D eigenvalue weighted by Gasteiger charge is -2.35. The zero-order valence-electron chi connectivity index (χ0n) is 14.6. The second-order valence-electron chi connectivity index (χ2n) is 6.66. The van der Waals surface area contributed by atoms with Gasteiger partial charge in [0.25, 0.3) is 0 Å². The van der Waals surface area contributed by atoms with Crippen LogP contribution < -0.4 is 15.0 Å². The number of aryl methyl sites for hydroxylation is 1. The van der Waals surface area contributed by atoms with Crippen LogP contribution in [0.2, 0.25) is 0 Å². The first-order valence-corrected chi connectivity index (χ1v) is 9.05. The molecule has 1 fully saturated rings. The van der Waals surface area contributed by atoms with Crippen molar-refractivity contribution in [2.75, 3.05) is 30.4 Å². The van der Waals surface area contributed by atoms with Gasteiger partial charge in [0.2, 0.25) is 11.8 Å².